The molecule has 0 bridgehead atoms. The summed E-state index contributed by atoms with van der Waals surface area (Å²) in [5.74, 6) is 2.67. The van der Waals surface area contributed by atoms with Gasteiger partial charge in [-0.25, -0.2) is 0 Å². The molecule has 0 aromatic heterocycles. The van der Waals surface area contributed by atoms with E-state index in [1.54, 1.807) is 0 Å². The highest BCUT2D eigenvalue weighted by molar-refractivity contribution is 4.80. The third-order valence-corrected chi connectivity index (χ3v) is 3.56. The van der Waals surface area contributed by atoms with Crippen molar-refractivity contribution in [3.8, 4) is 0 Å². The van der Waals surface area contributed by atoms with Crippen molar-refractivity contribution in [2.75, 3.05) is 6.54 Å². The van der Waals surface area contributed by atoms with Gasteiger partial charge in [-0.1, -0.05) is 27.7 Å². The molecule has 1 fully saturated rings. The molecule has 1 aliphatic rings. The molecular weight excluding hydrogens is 170 g/mol. The molecule has 3 atom stereocenters. The second kappa shape index (κ2) is 5.75. The van der Waals surface area contributed by atoms with Crippen molar-refractivity contribution in [3.63, 3.8) is 0 Å². The van der Waals surface area contributed by atoms with Gasteiger partial charge in [-0.3, -0.25) is 0 Å². The van der Waals surface area contributed by atoms with E-state index in [9.17, 15) is 0 Å². The summed E-state index contributed by atoms with van der Waals surface area (Å²) in [6.45, 7) is 10.6. The molecule has 14 heavy (non-hydrogen) atoms. The van der Waals surface area contributed by atoms with Crippen molar-refractivity contribution in [1.82, 2.24) is 5.32 Å². The molecule has 0 spiro atoms. The molecule has 0 aliphatic heterocycles. The second-order valence-corrected chi connectivity index (χ2v) is 5.64. The van der Waals surface area contributed by atoms with Gasteiger partial charge in [0.2, 0.25) is 0 Å². The Morgan fingerprint density at radius 3 is 2.50 bits per heavy atom. The summed E-state index contributed by atoms with van der Waals surface area (Å²) in [6, 6.07) is 0.796. The van der Waals surface area contributed by atoms with Crippen LogP contribution in [0.15, 0.2) is 0 Å². The van der Waals surface area contributed by atoms with Gasteiger partial charge in [0.15, 0.2) is 0 Å². The van der Waals surface area contributed by atoms with Gasteiger partial charge >= 0.3 is 0 Å². The zero-order chi connectivity index (χ0) is 10.6. The van der Waals surface area contributed by atoms with Gasteiger partial charge in [0.1, 0.15) is 0 Å². The zero-order valence-electron chi connectivity index (χ0n) is 10.3. The Hall–Kier alpha value is -0.0400. The van der Waals surface area contributed by atoms with Gasteiger partial charge in [-0.2, -0.15) is 0 Å². The van der Waals surface area contributed by atoms with Crippen LogP contribution in [-0.4, -0.2) is 12.6 Å². The van der Waals surface area contributed by atoms with Gasteiger partial charge in [0.05, 0.1) is 0 Å². The summed E-state index contributed by atoms with van der Waals surface area (Å²) in [7, 11) is 0. The van der Waals surface area contributed by atoms with Crippen LogP contribution in [0.25, 0.3) is 0 Å². The van der Waals surface area contributed by atoms with Crippen LogP contribution in [0.1, 0.15) is 53.4 Å². The van der Waals surface area contributed by atoms with E-state index in [0.29, 0.717) is 0 Å². The molecule has 0 aromatic rings. The maximum Gasteiger partial charge on any atom is 0.00928 e. The minimum absolute atomic E-state index is 0.796. The Morgan fingerprint density at radius 1 is 1.21 bits per heavy atom. The van der Waals surface area contributed by atoms with Crippen molar-refractivity contribution in [1.29, 1.82) is 0 Å². The average molecular weight is 197 g/mol. The second-order valence-electron chi connectivity index (χ2n) is 5.64. The van der Waals surface area contributed by atoms with Gasteiger partial charge in [0.25, 0.3) is 0 Å². The first-order chi connectivity index (χ1) is 6.59. The lowest BCUT2D eigenvalue weighted by atomic mass is 9.80. The van der Waals surface area contributed by atoms with Crippen LogP contribution >= 0.6 is 0 Å². The Morgan fingerprint density at radius 2 is 1.93 bits per heavy atom. The molecule has 0 saturated heterocycles. The van der Waals surface area contributed by atoms with Crippen molar-refractivity contribution in [3.05, 3.63) is 0 Å². The lowest BCUT2D eigenvalue weighted by Gasteiger charge is -2.33. The van der Waals surface area contributed by atoms with Gasteiger partial charge in [0, 0.05) is 6.04 Å². The van der Waals surface area contributed by atoms with Crippen LogP contribution in [0.2, 0.25) is 0 Å². The van der Waals surface area contributed by atoms with Crippen LogP contribution in [0, 0.1) is 17.8 Å². The molecule has 0 radical (unpaired) electrons. The van der Waals surface area contributed by atoms with Crippen LogP contribution in [0.5, 0.6) is 0 Å². The first-order valence-corrected chi connectivity index (χ1v) is 6.33. The van der Waals surface area contributed by atoms with Crippen molar-refractivity contribution in [2.24, 2.45) is 17.8 Å². The van der Waals surface area contributed by atoms with E-state index < -0.39 is 0 Å². The van der Waals surface area contributed by atoms with Gasteiger partial charge < -0.3 is 5.32 Å². The third kappa shape index (κ3) is 4.00. The minimum atomic E-state index is 0.796. The lowest BCUT2D eigenvalue weighted by molar-refractivity contribution is 0.226. The highest BCUT2D eigenvalue weighted by Gasteiger charge is 2.24. The smallest absolute Gasteiger partial charge is 0.00928 e. The number of hydrogen-bond acceptors (Lipinski definition) is 1. The standard InChI is InChI=1S/C13H27N/c1-10(2)7-8-14-13-6-5-11(3)9-12(13)4/h10-14H,5-9H2,1-4H3. The number of hydrogen-bond donors (Lipinski definition) is 1. The monoisotopic (exact) mass is 197 g/mol. The molecule has 1 N–H and O–H groups in total. The minimum Gasteiger partial charge on any atom is -0.314 e. The Kier molecular flexibility index (Phi) is 4.94. The zero-order valence-corrected chi connectivity index (χ0v) is 10.3. The highest BCUT2D eigenvalue weighted by Crippen LogP contribution is 2.28. The molecule has 0 amide bonds. The molecule has 1 heteroatoms. The SMILES string of the molecule is CC(C)CCNC1CCC(C)CC1C. The molecular formula is C13H27N. The maximum atomic E-state index is 3.72. The van der Waals surface area contributed by atoms with Crippen molar-refractivity contribution in [2.45, 2.75) is 59.4 Å². The van der Waals surface area contributed by atoms with Crippen LogP contribution in [0.3, 0.4) is 0 Å². The third-order valence-electron chi connectivity index (χ3n) is 3.56. The molecule has 84 valence electrons. The quantitative estimate of drug-likeness (QED) is 0.728. The molecule has 3 unspecified atom stereocenters. The van der Waals surface area contributed by atoms with Gasteiger partial charge in [-0.05, 0) is 50.0 Å². The summed E-state index contributed by atoms with van der Waals surface area (Å²) < 4.78 is 0. The number of rotatable bonds is 4. The average Bonchev–Trinajstić information content (AvgIpc) is 2.08. The summed E-state index contributed by atoms with van der Waals surface area (Å²) in [5.41, 5.74) is 0. The van der Waals surface area contributed by atoms with Crippen molar-refractivity contribution < 1.29 is 0 Å². The predicted octanol–water partition coefficient (Wildman–Crippen LogP) is 3.45. The first-order valence-electron chi connectivity index (χ1n) is 6.33. The molecule has 1 nitrogen and oxygen atoms in total. The first kappa shape index (κ1) is 12.0. The van der Waals surface area contributed by atoms with Crippen molar-refractivity contribution >= 4 is 0 Å². The van der Waals surface area contributed by atoms with E-state index in [0.717, 1.165) is 23.8 Å². The predicted molar refractivity (Wildman–Crippen MR) is 63.4 cm³/mol. The van der Waals surface area contributed by atoms with Gasteiger partial charge in [-0.15, -0.1) is 0 Å². The Bertz CT molecular complexity index is 153. The highest BCUT2D eigenvalue weighted by atomic mass is 14.9. The van der Waals surface area contributed by atoms with Crippen LogP contribution in [0.4, 0.5) is 0 Å². The summed E-state index contributed by atoms with van der Waals surface area (Å²) in [5, 5.41) is 3.72. The molecule has 1 aliphatic carbocycles. The maximum absolute atomic E-state index is 3.72. The summed E-state index contributed by atoms with van der Waals surface area (Å²) in [6.07, 6.45) is 5.54. The summed E-state index contributed by atoms with van der Waals surface area (Å²) in [4.78, 5) is 0. The topological polar surface area (TPSA) is 12.0 Å². The van der Waals surface area contributed by atoms with E-state index in [1.165, 1.54) is 32.2 Å². The molecule has 0 aromatic carbocycles. The fraction of sp³-hybridized carbons (Fsp3) is 1.00. The normalized spacial score (nSPS) is 33.6. The fourth-order valence-corrected chi connectivity index (χ4v) is 2.53. The largest absolute Gasteiger partial charge is 0.314 e. The Balaban J connectivity index is 2.17. The van der Waals surface area contributed by atoms with E-state index >= 15 is 0 Å². The van der Waals surface area contributed by atoms with E-state index in [-0.39, 0.29) is 0 Å². The van der Waals surface area contributed by atoms with E-state index in [1.807, 2.05) is 0 Å². The fourth-order valence-electron chi connectivity index (χ4n) is 2.53. The summed E-state index contributed by atoms with van der Waals surface area (Å²) >= 11 is 0. The van der Waals surface area contributed by atoms with Crippen LogP contribution in [-0.2, 0) is 0 Å². The number of nitrogens with one attached hydrogen (secondary N) is 1. The Labute approximate surface area is 89.7 Å². The van der Waals surface area contributed by atoms with E-state index in [2.05, 4.69) is 33.0 Å². The lowest BCUT2D eigenvalue weighted by Crippen LogP contribution is -2.39. The van der Waals surface area contributed by atoms with E-state index in [4.69, 9.17) is 0 Å². The van der Waals surface area contributed by atoms with Crippen LogP contribution < -0.4 is 5.32 Å². The molecule has 1 rings (SSSR count). The molecule has 1 saturated carbocycles. The molecule has 0 heterocycles.